The summed E-state index contributed by atoms with van der Waals surface area (Å²) in [6, 6.07) is 7.40. The van der Waals surface area contributed by atoms with Crippen molar-refractivity contribution < 1.29 is 19.1 Å². The molecule has 1 aromatic carbocycles. The zero-order valence-corrected chi connectivity index (χ0v) is 21.4. The standard InChI is InChI=1S/C28H38N4O4/c1-35-24-14-7-15-25(36-2)26(24)23-17-22(31-32(23)20-12-3-4-13-20)28(34)30-21(16-18-8-5-9-18)27(33)29-19-10-6-11-19/h7,14-15,17-21H,3-6,8-13,16H2,1-2H3,(H,29,33)(H,30,34)/t21-/m0/s1. The summed E-state index contributed by atoms with van der Waals surface area (Å²) in [7, 11) is 3.27. The molecule has 36 heavy (non-hydrogen) atoms. The van der Waals surface area contributed by atoms with E-state index in [-0.39, 0.29) is 23.9 Å². The molecule has 3 aliphatic rings. The van der Waals surface area contributed by atoms with Crippen LogP contribution in [0.2, 0.25) is 0 Å². The molecule has 5 rings (SSSR count). The van der Waals surface area contributed by atoms with Gasteiger partial charge in [0, 0.05) is 6.04 Å². The first-order valence-corrected chi connectivity index (χ1v) is 13.5. The Morgan fingerprint density at radius 1 is 1.00 bits per heavy atom. The summed E-state index contributed by atoms with van der Waals surface area (Å²) in [6.07, 6.45) is 11.6. The van der Waals surface area contributed by atoms with Gasteiger partial charge < -0.3 is 20.1 Å². The summed E-state index contributed by atoms with van der Waals surface area (Å²) in [5.41, 5.74) is 1.91. The highest BCUT2D eigenvalue weighted by atomic mass is 16.5. The molecule has 0 saturated heterocycles. The molecule has 0 bridgehead atoms. The zero-order chi connectivity index (χ0) is 25.1. The minimum Gasteiger partial charge on any atom is -0.496 e. The Bertz CT molecular complexity index is 1060. The summed E-state index contributed by atoms with van der Waals surface area (Å²) in [4.78, 5) is 26.6. The molecular weight excluding hydrogens is 456 g/mol. The molecule has 3 saturated carbocycles. The summed E-state index contributed by atoms with van der Waals surface area (Å²) < 4.78 is 13.3. The number of nitrogens with zero attached hydrogens (tertiary/aromatic N) is 2. The highest BCUT2D eigenvalue weighted by Gasteiger charge is 2.32. The number of carbonyl (C=O) groups excluding carboxylic acids is 2. The number of methoxy groups -OCH3 is 2. The molecular formula is C28H38N4O4. The van der Waals surface area contributed by atoms with Gasteiger partial charge >= 0.3 is 0 Å². The van der Waals surface area contributed by atoms with Gasteiger partial charge in [0.1, 0.15) is 17.5 Å². The van der Waals surface area contributed by atoms with E-state index in [1.165, 1.54) is 6.42 Å². The third-order valence-electron chi connectivity index (χ3n) is 8.19. The second-order valence-corrected chi connectivity index (χ2v) is 10.5. The van der Waals surface area contributed by atoms with Crippen LogP contribution < -0.4 is 20.1 Å². The van der Waals surface area contributed by atoms with Crippen molar-refractivity contribution in [3.8, 4) is 22.8 Å². The highest BCUT2D eigenvalue weighted by Crippen LogP contribution is 2.42. The third kappa shape index (κ3) is 5.08. The predicted molar refractivity (Wildman–Crippen MR) is 137 cm³/mol. The zero-order valence-electron chi connectivity index (χ0n) is 21.4. The van der Waals surface area contributed by atoms with E-state index in [1.54, 1.807) is 14.2 Å². The Balaban J connectivity index is 1.44. The number of aromatic nitrogens is 2. The molecule has 0 unspecified atom stereocenters. The van der Waals surface area contributed by atoms with Crippen LogP contribution in [-0.2, 0) is 4.79 Å². The van der Waals surface area contributed by atoms with E-state index in [0.717, 1.165) is 69.0 Å². The van der Waals surface area contributed by atoms with Gasteiger partial charge in [-0.2, -0.15) is 5.10 Å². The van der Waals surface area contributed by atoms with Crippen LogP contribution in [0, 0.1) is 5.92 Å². The molecule has 3 fully saturated rings. The molecule has 1 aromatic heterocycles. The van der Waals surface area contributed by atoms with E-state index < -0.39 is 6.04 Å². The Labute approximate surface area is 213 Å². The maximum Gasteiger partial charge on any atom is 0.272 e. The van der Waals surface area contributed by atoms with Gasteiger partial charge in [-0.3, -0.25) is 14.3 Å². The minimum atomic E-state index is -0.538. The monoisotopic (exact) mass is 494 g/mol. The number of carbonyl (C=O) groups is 2. The normalized spacial score (nSPS) is 19.3. The van der Waals surface area contributed by atoms with E-state index in [2.05, 4.69) is 10.6 Å². The van der Waals surface area contributed by atoms with Gasteiger partial charge in [-0.05, 0) is 62.6 Å². The van der Waals surface area contributed by atoms with E-state index >= 15 is 0 Å². The molecule has 2 aromatic rings. The molecule has 8 nitrogen and oxygen atoms in total. The third-order valence-corrected chi connectivity index (χ3v) is 8.19. The van der Waals surface area contributed by atoms with Gasteiger partial charge in [-0.25, -0.2) is 0 Å². The molecule has 194 valence electrons. The van der Waals surface area contributed by atoms with Crippen molar-refractivity contribution in [2.75, 3.05) is 14.2 Å². The molecule has 0 radical (unpaired) electrons. The molecule has 0 aliphatic heterocycles. The molecule has 2 N–H and O–H groups in total. The summed E-state index contributed by atoms with van der Waals surface area (Å²) in [6.45, 7) is 0. The first-order chi connectivity index (χ1) is 17.6. The second kappa shape index (κ2) is 10.9. The van der Waals surface area contributed by atoms with Crippen molar-refractivity contribution in [3.05, 3.63) is 30.0 Å². The van der Waals surface area contributed by atoms with Gasteiger partial charge in [0.25, 0.3) is 5.91 Å². The van der Waals surface area contributed by atoms with E-state index in [9.17, 15) is 9.59 Å². The lowest BCUT2D eigenvalue weighted by atomic mass is 9.80. The topological polar surface area (TPSA) is 94.5 Å². The van der Waals surface area contributed by atoms with Crippen molar-refractivity contribution >= 4 is 11.8 Å². The van der Waals surface area contributed by atoms with Crippen LogP contribution in [0.3, 0.4) is 0 Å². The highest BCUT2D eigenvalue weighted by molar-refractivity contribution is 5.97. The molecule has 3 aliphatic carbocycles. The number of benzene rings is 1. The van der Waals surface area contributed by atoms with Gasteiger partial charge in [-0.15, -0.1) is 0 Å². The van der Waals surface area contributed by atoms with Crippen molar-refractivity contribution in [3.63, 3.8) is 0 Å². The number of hydrogen-bond donors (Lipinski definition) is 2. The Hall–Kier alpha value is -3.03. The van der Waals surface area contributed by atoms with Crippen molar-refractivity contribution in [2.24, 2.45) is 5.92 Å². The Morgan fingerprint density at radius 2 is 1.67 bits per heavy atom. The maximum absolute atomic E-state index is 13.5. The number of hydrogen-bond acceptors (Lipinski definition) is 5. The van der Waals surface area contributed by atoms with Crippen molar-refractivity contribution in [1.82, 2.24) is 20.4 Å². The number of ether oxygens (including phenoxy) is 2. The van der Waals surface area contributed by atoms with Crippen molar-refractivity contribution in [1.29, 1.82) is 0 Å². The van der Waals surface area contributed by atoms with Gasteiger partial charge in [0.05, 0.1) is 31.5 Å². The van der Waals surface area contributed by atoms with Crippen LogP contribution in [0.1, 0.15) is 87.2 Å². The number of rotatable bonds is 10. The maximum atomic E-state index is 13.5. The first kappa shape index (κ1) is 24.7. The number of nitrogens with one attached hydrogen (secondary N) is 2. The van der Waals surface area contributed by atoms with Crippen LogP contribution in [0.4, 0.5) is 0 Å². The van der Waals surface area contributed by atoms with E-state index in [4.69, 9.17) is 14.6 Å². The summed E-state index contributed by atoms with van der Waals surface area (Å²) in [5, 5.41) is 11.0. The number of amides is 2. The molecule has 8 heteroatoms. The van der Waals surface area contributed by atoms with Crippen LogP contribution in [0.5, 0.6) is 11.5 Å². The lowest BCUT2D eigenvalue weighted by molar-refractivity contribution is -0.124. The fourth-order valence-corrected chi connectivity index (χ4v) is 5.60. The van der Waals surface area contributed by atoms with E-state index in [1.807, 2.05) is 28.9 Å². The molecule has 2 amide bonds. The molecule has 1 atom stereocenters. The summed E-state index contributed by atoms with van der Waals surface area (Å²) in [5.74, 6) is 1.45. The first-order valence-electron chi connectivity index (χ1n) is 13.5. The van der Waals surface area contributed by atoms with Crippen LogP contribution in [0.25, 0.3) is 11.3 Å². The average molecular weight is 495 g/mol. The minimum absolute atomic E-state index is 0.0678. The lowest BCUT2D eigenvalue weighted by Gasteiger charge is -2.32. The largest absolute Gasteiger partial charge is 0.496 e. The van der Waals surface area contributed by atoms with Crippen molar-refractivity contribution in [2.45, 2.75) is 88.8 Å². The van der Waals surface area contributed by atoms with Gasteiger partial charge in [0.15, 0.2) is 5.69 Å². The molecule has 0 spiro atoms. The van der Waals surface area contributed by atoms with E-state index in [0.29, 0.717) is 29.5 Å². The SMILES string of the molecule is COc1cccc(OC)c1-c1cc(C(=O)N[C@@H](CC2CCC2)C(=O)NC2CCC2)nn1C1CCCC1. The van der Waals surface area contributed by atoms with Crippen LogP contribution >= 0.6 is 0 Å². The Morgan fingerprint density at radius 3 is 2.22 bits per heavy atom. The fraction of sp³-hybridized carbons (Fsp3) is 0.607. The quantitative estimate of drug-likeness (QED) is 0.502. The van der Waals surface area contributed by atoms with Crippen LogP contribution in [-0.4, -0.2) is 47.9 Å². The molecule has 1 heterocycles. The average Bonchev–Trinajstić information content (AvgIpc) is 3.52. The fourth-order valence-electron chi connectivity index (χ4n) is 5.60. The van der Waals surface area contributed by atoms with Crippen LogP contribution in [0.15, 0.2) is 24.3 Å². The summed E-state index contributed by atoms with van der Waals surface area (Å²) >= 11 is 0. The van der Waals surface area contributed by atoms with Gasteiger partial charge in [-0.1, -0.05) is 38.2 Å². The van der Waals surface area contributed by atoms with Gasteiger partial charge in [0.2, 0.25) is 5.91 Å². The second-order valence-electron chi connectivity index (χ2n) is 10.5. The smallest absolute Gasteiger partial charge is 0.272 e. The predicted octanol–water partition coefficient (Wildman–Crippen LogP) is 4.64. The lowest BCUT2D eigenvalue weighted by Crippen LogP contribution is -2.52. The Kier molecular flexibility index (Phi) is 7.48.